The molecule has 0 aliphatic rings. The molecule has 0 atom stereocenters. The van der Waals surface area contributed by atoms with E-state index in [-0.39, 0.29) is 70.9 Å². The maximum Gasteiger partial charge on any atom is 2.00 e. The molecule has 0 bridgehead atoms. The summed E-state index contributed by atoms with van der Waals surface area (Å²) in [5, 5.41) is 0.322. The number of halogens is 2. The van der Waals surface area contributed by atoms with Crippen molar-refractivity contribution in [3.8, 4) is 5.75 Å². The Hall–Kier alpha value is 1.48. The van der Waals surface area contributed by atoms with Crippen molar-refractivity contribution in [3.63, 3.8) is 0 Å². The second-order valence-electron chi connectivity index (χ2n) is 2.95. The first-order chi connectivity index (χ1) is 6.74. The van der Waals surface area contributed by atoms with Crippen LogP contribution in [0.5, 0.6) is 5.75 Å². The van der Waals surface area contributed by atoms with Crippen molar-refractivity contribution in [2.45, 2.75) is 19.8 Å². The molecule has 94 valence electrons. The Morgan fingerprint density at radius 1 is 1.06 bits per heavy atom. The number of benzene rings is 1. The normalized spacial score (nSPS) is 8.22. The van der Waals surface area contributed by atoms with Crippen molar-refractivity contribution in [3.05, 3.63) is 24.3 Å². The fourth-order valence-electron chi connectivity index (χ4n) is 0.998. The van der Waals surface area contributed by atoms with Crippen LogP contribution in [0.2, 0.25) is 0 Å². The second kappa shape index (κ2) is 16.5. The molecule has 0 spiro atoms. The molecule has 0 fully saturated rings. The summed E-state index contributed by atoms with van der Waals surface area (Å²) < 4.78 is 5.38. The summed E-state index contributed by atoms with van der Waals surface area (Å²) in [5.41, 5.74) is 0. The van der Waals surface area contributed by atoms with Gasteiger partial charge in [-0.15, -0.1) is 0 Å². The van der Waals surface area contributed by atoms with Gasteiger partial charge in [-0.2, -0.15) is 0 Å². The van der Waals surface area contributed by atoms with Crippen LogP contribution < -0.4 is 44.6 Å². The summed E-state index contributed by atoms with van der Waals surface area (Å²) in [6, 6.07) is 6.45. The van der Waals surface area contributed by atoms with Gasteiger partial charge in [-0.05, 0) is 18.6 Å². The minimum atomic E-state index is -2.48. The number of hydrogen-bond acceptors (Lipinski definition) is 3. The number of unbranched alkanes of at least 4 members (excludes halogenated alkanes) is 1. The molecule has 1 aromatic rings. The Kier molecular flexibility index (Phi) is 25.5. The summed E-state index contributed by atoms with van der Waals surface area (Å²) in [4.78, 5) is 21.1. The SMILES string of the molecule is CCCCOc1ccc(P([O-])[O-])cc1.[Cl-].[Cl-].[Mg+2].[Mg+2]. The van der Waals surface area contributed by atoms with Crippen molar-refractivity contribution in [2.75, 3.05) is 6.61 Å². The maximum atomic E-state index is 10.6. The molecule has 1 aromatic carbocycles. The first-order valence-corrected chi connectivity index (χ1v) is 5.79. The molecule has 8 heteroatoms. The third-order valence-corrected chi connectivity index (χ3v) is 2.53. The Labute approximate surface area is 154 Å². The van der Waals surface area contributed by atoms with Gasteiger partial charge in [-0.1, -0.05) is 30.8 Å². The zero-order chi connectivity index (χ0) is 10.4. The molecule has 0 unspecified atom stereocenters. The predicted molar refractivity (Wildman–Crippen MR) is 64.9 cm³/mol. The fraction of sp³-hybridized carbons (Fsp3) is 0.400. The predicted octanol–water partition coefficient (Wildman–Crippen LogP) is -6.23. The van der Waals surface area contributed by atoms with Gasteiger partial charge < -0.3 is 39.3 Å². The average molecular weight is 332 g/mol. The molecule has 0 N–H and O–H groups in total. The molecule has 0 amide bonds. The summed E-state index contributed by atoms with van der Waals surface area (Å²) in [6.07, 6.45) is 2.10. The molecule has 0 aliphatic heterocycles. The van der Waals surface area contributed by atoms with Crippen molar-refractivity contribution in [1.29, 1.82) is 0 Å². The van der Waals surface area contributed by atoms with Crippen LogP contribution in [0, 0.1) is 0 Å². The van der Waals surface area contributed by atoms with Gasteiger partial charge in [0.2, 0.25) is 0 Å². The molecule has 0 radical (unpaired) electrons. The van der Waals surface area contributed by atoms with Gasteiger partial charge >= 0.3 is 46.1 Å². The van der Waals surface area contributed by atoms with Crippen molar-refractivity contribution < 1.29 is 39.3 Å². The zero-order valence-corrected chi connectivity index (χ0v) is 15.5. The minimum absolute atomic E-state index is 0. The Bertz CT molecular complexity index is 276. The van der Waals surface area contributed by atoms with Crippen LogP contribution in [-0.4, -0.2) is 52.7 Å². The third kappa shape index (κ3) is 11.3. The molecule has 3 nitrogen and oxygen atoms in total. The van der Waals surface area contributed by atoms with Crippen LogP contribution in [0.4, 0.5) is 0 Å². The van der Waals surface area contributed by atoms with E-state index >= 15 is 0 Å². The van der Waals surface area contributed by atoms with E-state index in [2.05, 4.69) is 6.92 Å². The van der Waals surface area contributed by atoms with E-state index in [1.807, 2.05) is 0 Å². The molecular weight excluding hydrogens is 319 g/mol. The van der Waals surface area contributed by atoms with E-state index < -0.39 is 8.38 Å². The third-order valence-electron chi connectivity index (χ3n) is 1.81. The summed E-state index contributed by atoms with van der Waals surface area (Å²) in [7, 11) is -2.48. The van der Waals surface area contributed by atoms with Gasteiger partial charge in [-0.3, -0.25) is 8.38 Å². The molecule has 0 aromatic heterocycles. The Morgan fingerprint density at radius 2 is 1.56 bits per heavy atom. The van der Waals surface area contributed by atoms with Crippen molar-refractivity contribution >= 4 is 59.8 Å². The minimum Gasteiger partial charge on any atom is -1.00 e. The van der Waals surface area contributed by atoms with E-state index in [1.54, 1.807) is 24.3 Å². The van der Waals surface area contributed by atoms with E-state index in [0.717, 1.165) is 18.6 Å². The summed E-state index contributed by atoms with van der Waals surface area (Å²) >= 11 is 0. The van der Waals surface area contributed by atoms with Crippen molar-refractivity contribution in [1.82, 2.24) is 0 Å². The van der Waals surface area contributed by atoms with Gasteiger partial charge in [0.1, 0.15) is 5.75 Å². The molecule has 0 saturated heterocycles. The van der Waals surface area contributed by atoms with E-state index in [9.17, 15) is 9.79 Å². The Balaban J connectivity index is -0.000000245. The molecule has 1 rings (SSSR count). The molecule has 0 heterocycles. The smallest absolute Gasteiger partial charge is 1.00 e. The fourth-order valence-corrected chi connectivity index (χ4v) is 1.39. The molecular formula is C10H13Cl2Mg2O3P. The topological polar surface area (TPSA) is 55.3 Å². The van der Waals surface area contributed by atoms with Crippen LogP contribution >= 0.6 is 8.38 Å². The number of ether oxygens (including phenoxy) is 1. The van der Waals surface area contributed by atoms with E-state index in [1.165, 1.54) is 0 Å². The number of hydrogen-bond donors (Lipinski definition) is 0. The summed E-state index contributed by atoms with van der Waals surface area (Å²) in [5.74, 6) is 0.721. The van der Waals surface area contributed by atoms with E-state index in [0.29, 0.717) is 11.9 Å². The van der Waals surface area contributed by atoms with Crippen LogP contribution in [0.3, 0.4) is 0 Å². The van der Waals surface area contributed by atoms with Crippen LogP contribution in [0.15, 0.2) is 24.3 Å². The maximum absolute atomic E-state index is 10.6. The number of rotatable bonds is 5. The second-order valence-corrected chi connectivity index (χ2v) is 3.98. The summed E-state index contributed by atoms with van der Waals surface area (Å²) in [6.45, 7) is 2.77. The molecule has 18 heavy (non-hydrogen) atoms. The van der Waals surface area contributed by atoms with E-state index in [4.69, 9.17) is 4.74 Å². The van der Waals surface area contributed by atoms with Crippen LogP contribution in [0.25, 0.3) is 0 Å². The average Bonchev–Trinajstić information content (AvgIpc) is 2.19. The van der Waals surface area contributed by atoms with Gasteiger partial charge in [0, 0.05) is 0 Å². The molecule has 0 saturated carbocycles. The largest absolute Gasteiger partial charge is 2.00 e. The standard InChI is InChI=1S/C10H13O3P.2ClH.2Mg/c1-2-3-8-13-9-4-6-10(7-5-9)14(11)12;;;;/h4-7H,2-3,8H2,1H3;2*1H;;/q-2;;;2*+2/p-2. The van der Waals surface area contributed by atoms with Gasteiger partial charge in [-0.25, -0.2) is 0 Å². The zero-order valence-electron chi connectivity index (χ0n) is 10.3. The van der Waals surface area contributed by atoms with Gasteiger partial charge in [0.05, 0.1) is 6.61 Å². The Morgan fingerprint density at radius 3 is 1.94 bits per heavy atom. The van der Waals surface area contributed by atoms with Gasteiger partial charge in [0.25, 0.3) is 0 Å². The molecule has 0 aliphatic carbocycles. The van der Waals surface area contributed by atoms with Crippen molar-refractivity contribution in [2.24, 2.45) is 0 Å². The monoisotopic (exact) mass is 330 g/mol. The van der Waals surface area contributed by atoms with Gasteiger partial charge in [0.15, 0.2) is 0 Å². The van der Waals surface area contributed by atoms with Crippen LogP contribution in [0.1, 0.15) is 19.8 Å². The quantitative estimate of drug-likeness (QED) is 0.306. The first kappa shape index (κ1) is 27.8. The first-order valence-electron chi connectivity index (χ1n) is 4.61. The van der Waals surface area contributed by atoms with Crippen LogP contribution in [-0.2, 0) is 0 Å².